The normalized spacial score (nSPS) is 10.6. The molecule has 0 unspecified atom stereocenters. The minimum absolute atomic E-state index is 0.0119. The van der Waals surface area contributed by atoms with Crippen molar-refractivity contribution in [1.82, 2.24) is 14.9 Å². The molecule has 0 aliphatic carbocycles. The van der Waals surface area contributed by atoms with Gasteiger partial charge in [0.15, 0.2) is 5.82 Å². The molecule has 1 amide bonds. The third-order valence-corrected chi connectivity index (χ3v) is 5.00. The molecule has 3 aromatic rings. The Morgan fingerprint density at radius 3 is 2.75 bits per heavy atom. The van der Waals surface area contributed by atoms with Crippen LogP contribution >= 0.6 is 35.0 Å². The molecule has 0 radical (unpaired) electrons. The molecule has 3 rings (SSSR count). The predicted octanol–water partition coefficient (Wildman–Crippen LogP) is 3.60. The van der Waals surface area contributed by atoms with E-state index in [4.69, 9.17) is 29.0 Å². The average Bonchev–Trinajstić information content (AvgIpc) is 3.02. The van der Waals surface area contributed by atoms with Gasteiger partial charge in [-0.3, -0.25) is 14.9 Å². The van der Waals surface area contributed by atoms with E-state index in [1.165, 1.54) is 22.9 Å². The summed E-state index contributed by atoms with van der Waals surface area (Å²) < 4.78 is 1.26. The highest BCUT2D eigenvalue weighted by molar-refractivity contribution is 7.99. The number of aromatic nitrogens is 3. The number of nitrogens with one attached hydrogen (secondary N) is 1. The highest BCUT2D eigenvalue weighted by Gasteiger charge is 2.16. The highest BCUT2D eigenvalue weighted by Crippen LogP contribution is 2.28. The van der Waals surface area contributed by atoms with Gasteiger partial charge in [0.1, 0.15) is 5.02 Å². The van der Waals surface area contributed by atoms with Gasteiger partial charge in [0.05, 0.1) is 10.7 Å². The molecule has 1 heterocycles. The Morgan fingerprint density at radius 2 is 2.04 bits per heavy atom. The number of anilines is 1. The Morgan fingerprint density at radius 1 is 1.25 bits per heavy atom. The lowest BCUT2D eigenvalue weighted by molar-refractivity contribution is -0.384. The fourth-order valence-corrected chi connectivity index (χ4v) is 3.29. The van der Waals surface area contributed by atoms with Gasteiger partial charge in [-0.1, -0.05) is 47.1 Å². The van der Waals surface area contributed by atoms with Crippen molar-refractivity contribution in [3.05, 3.63) is 62.6 Å². The second-order valence-corrected chi connectivity index (χ2v) is 7.23. The SMILES string of the molecule is Nn1c(SCC(=O)Nc2ccc(Cl)c([N+](=O)[O-])c2)nnc1-c1cccc(Cl)c1. The van der Waals surface area contributed by atoms with E-state index in [0.29, 0.717) is 21.6 Å². The van der Waals surface area contributed by atoms with Crippen molar-refractivity contribution in [2.24, 2.45) is 0 Å². The summed E-state index contributed by atoms with van der Waals surface area (Å²) in [5.41, 5.74) is 0.655. The van der Waals surface area contributed by atoms with Gasteiger partial charge in [0, 0.05) is 22.3 Å². The Labute approximate surface area is 173 Å². The van der Waals surface area contributed by atoms with Gasteiger partial charge in [-0.25, -0.2) is 4.68 Å². The number of nitro benzene ring substituents is 1. The average molecular weight is 439 g/mol. The maximum atomic E-state index is 12.1. The molecule has 144 valence electrons. The molecule has 0 fully saturated rings. The van der Waals surface area contributed by atoms with Crippen LogP contribution in [0.2, 0.25) is 10.0 Å². The molecule has 0 saturated heterocycles. The minimum Gasteiger partial charge on any atom is -0.335 e. The molecule has 28 heavy (non-hydrogen) atoms. The molecule has 1 aromatic heterocycles. The van der Waals surface area contributed by atoms with Crippen molar-refractivity contribution >= 4 is 52.2 Å². The van der Waals surface area contributed by atoms with E-state index < -0.39 is 10.8 Å². The zero-order valence-electron chi connectivity index (χ0n) is 14.0. The quantitative estimate of drug-likeness (QED) is 0.260. The van der Waals surface area contributed by atoms with Gasteiger partial charge in [0.25, 0.3) is 5.69 Å². The molecule has 0 bridgehead atoms. The van der Waals surface area contributed by atoms with Crippen molar-refractivity contribution in [2.75, 3.05) is 16.9 Å². The minimum atomic E-state index is -0.624. The predicted molar refractivity (Wildman–Crippen MR) is 108 cm³/mol. The van der Waals surface area contributed by atoms with E-state index in [-0.39, 0.29) is 22.2 Å². The highest BCUT2D eigenvalue weighted by atomic mass is 35.5. The Kier molecular flexibility index (Phi) is 6.02. The lowest BCUT2D eigenvalue weighted by Gasteiger charge is -2.06. The topological polar surface area (TPSA) is 129 Å². The number of amides is 1. The third kappa shape index (κ3) is 4.53. The van der Waals surface area contributed by atoms with Crippen LogP contribution in [0.25, 0.3) is 11.4 Å². The summed E-state index contributed by atoms with van der Waals surface area (Å²) in [6.07, 6.45) is 0. The molecule has 12 heteroatoms. The third-order valence-electron chi connectivity index (χ3n) is 3.51. The van der Waals surface area contributed by atoms with Crippen LogP contribution in [0.1, 0.15) is 0 Å². The maximum Gasteiger partial charge on any atom is 0.289 e. The number of carbonyl (C=O) groups is 1. The second-order valence-electron chi connectivity index (χ2n) is 5.45. The molecule has 0 aliphatic rings. The van der Waals surface area contributed by atoms with Crippen LogP contribution in [0.3, 0.4) is 0 Å². The summed E-state index contributed by atoms with van der Waals surface area (Å²) in [6.45, 7) is 0. The maximum absolute atomic E-state index is 12.1. The van der Waals surface area contributed by atoms with Gasteiger partial charge in [0.2, 0.25) is 11.1 Å². The van der Waals surface area contributed by atoms with E-state index >= 15 is 0 Å². The van der Waals surface area contributed by atoms with Crippen LogP contribution in [0, 0.1) is 10.1 Å². The van der Waals surface area contributed by atoms with Gasteiger partial charge in [-0.2, -0.15) is 0 Å². The number of thioether (sulfide) groups is 1. The molecule has 9 nitrogen and oxygen atoms in total. The number of hydrogen-bond acceptors (Lipinski definition) is 7. The molecule has 0 spiro atoms. The van der Waals surface area contributed by atoms with E-state index in [0.717, 1.165) is 11.8 Å². The molecule has 2 aromatic carbocycles. The van der Waals surface area contributed by atoms with Crippen LogP contribution < -0.4 is 11.2 Å². The van der Waals surface area contributed by atoms with E-state index in [1.807, 2.05) is 0 Å². The zero-order valence-corrected chi connectivity index (χ0v) is 16.3. The number of nitrogens with zero attached hydrogens (tertiary/aromatic N) is 4. The summed E-state index contributed by atoms with van der Waals surface area (Å²) in [7, 11) is 0. The van der Waals surface area contributed by atoms with Crippen LogP contribution in [0.5, 0.6) is 0 Å². The molecular formula is C16H12Cl2N6O3S. The molecular weight excluding hydrogens is 427 g/mol. The van der Waals surface area contributed by atoms with Gasteiger partial charge < -0.3 is 11.2 Å². The first-order valence-corrected chi connectivity index (χ1v) is 9.42. The van der Waals surface area contributed by atoms with Crippen LogP contribution in [0.4, 0.5) is 11.4 Å². The number of benzene rings is 2. The molecule has 0 atom stereocenters. The van der Waals surface area contributed by atoms with Crippen LogP contribution in [-0.4, -0.2) is 31.5 Å². The van der Waals surface area contributed by atoms with Crippen molar-refractivity contribution in [1.29, 1.82) is 0 Å². The van der Waals surface area contributed by atoms with E-state index in [1.54, 1.807) is 24.3 Å². The van der Waals surface area contributed by atoms with Crippen LogP contribution in [0.15, 0.2) is 47.6 Å². The smallest absolute Gasteiger partial charge is 0.289 e. The van der Waals surface area contributed by atoms with Gasteiger partial charge in [-0.05, 0) is 24.3 Å². The number of hydrogen-bond donors (Lipinski definition) is 2. The fraction of sp³-hybridized carbons (Fsp3) is 0.0625. The molecule has 0 saturated carbocycles. The number of nitrogen functional groups attached to an aromatic ring is 1. The summed E-state index contributed by atoms with van der Waals surface area (Å²) >= 11 is 12.8. The lowest BCUT2D eigenvalue weighted by Crippen LogP contribution is -2.16. The first-order valence-electron chi connectivity index (χ1n) is 7.68. The fourth-order valence-electron chi connectivity index (χ4n) is 2.26. The summed E-state index contributed by atoms with van der Waals surface area (Å²) in [5.74, 6) is 5.98. The monoisotopic (exact) mass is 438 g/mol. The molecule has 3 N–H and O–H groups in total. The van der Waals surface area contributed by atoms with E-state index in [2.05, 4.69) is 15.5 Å². The largest absolute Gasteiger partial charge is 0.335 e. The first kappa shape index (κ1) is 19.9. The zero-order chi connectivity index (χ0) is 20.3. The number of halogens is 2. The Bertz CT molecular complexity index is 1060. The van der Waals surface area contributed by atoms with Crippen molar-refractivity contribution in [2.45, 2.75) is 5.16 Å². The second kappa shape index (κ2) is 8.46. The van der Waals surface area contributed by atoms with Gasteiger partial charge >= 0.3 is 0 Å². The summed E-state index contributed by atoms with van der Waals surface area (Å²) in [6, 6.07) is 11.0. The lowest BCUT2D eigenvalue weighted by atomic mass is 10.2. The Balaban J connectivity index is 1.66. The van der Waals surface area contributed by atoms with Crippen molar-refractivity contribution in [3.8, 4) is 11.4 Å². The number of nitro groups is 1. The standard InChI is InChI=1S/C16H12Cl2N6O3S/c17-10-3-1-2-9(6-10)15-21-22-16(23(15)19)28-8-14(25)20-11-4-5-12(18)13(7-11)24(26)27/h1-7H,8,19H2,(H,20,25). The van der Waals surface area contributed by atoms with Crippen molar-refractivity contribution in [3.63, 3.8) is 0 Å². The summed E-state index contributed by atoms with van der Waals surface area (Å²) in [5, 5.41) is 22.3. The number of rotatable bonds is 6. The Hall–Kier alpha value is -2.82. The van der Waals surface area contributed by atoms with Gasteiger partial charge in [-0.15, -0.1) is 10.2 Å². The summed E-state index contributed by atoms with van der Waals surface area (Å²) in [4.78, 5) is 22.4. The number of carbonyl (C=O) groups excluding carboxylic acids is 1. The molecule has 0 aliphatic heterocycles. The van der Waals surface area contributed by atoms with Crippen molar-refractivity contribution < 1.29 is 9.72 Å². The first-order chi connectivity index (χ1) is 13.3. The van der Waals surface area contributed by atoms with E-state index in [9.17, 15) is 14.9 Å². The number of nitrogens with two attached hydrogens (primary N) is 1. The van der Waals surface area contributed by atoms with Crippen LogP contribution in [-0.2, 0) is 4.79 Å².